The second kappa shape index (κ2) is 6.89. The average molecular weight is 397 g/mol. The van der Waals surface area contributed by atoms with E-state index in [1.807, 2.05) is 35.1 Å². The zero-order valence-corrected chi connectivity index (χ0v) is 16.5. The Morgan fingerprint density at radius 1 is 1.31 bits per heavy atom. The van der Waals surface area contributed by atoms with Crippen molar-refractivity contribution in [3.05, 3.63) is 50.7 Å². The Morgan fingerprint density at radius 3 is 2.76 bits per heavy atom. The predicted octanol–water partition coefficient (Wildman–Crippen LogP) is -0.0172. The second-order valence-electron chi connectivity index (χ2n) is 7.55. The van der Waals surface area contributed by atoms with Gasteiger partial charge in [-0.2, -0.15) is 4.98 Å². The van der Waals surface area contributed by atoms with Crippen molar-refractivity contribution in [1.29, 1.82) is 0 Å². The molecule has 0 fully saturated rings. The van der Waals surface area contributed by atoms with Crippen LogP contribution < -0.4 is 27.4 Å². The zero-order chi connectivity index (χ0) is 20.9. The lowest BCUT2D eigenvalue weighted by Crippen LogP contribution is -2.45. The molecular formula is C19H23N7O3. The van der Waals surface area contributed by atoms with E-state index in [2.05, 4.69) is 22.9 Å². The molecule has 152 valence electrons. The lowest BCUT2D eigenvalue weighted by Gasteiger charge is -2.33. The minimum absolute atomic E-state index is 0.248. The van der Waals surface area contributed by atoms with Gasteiger partial charge >= 0.3 is 5.69 Å². The van der Waals surface area contributed by atoms with Crippen molar-refractivity contribution in [1.82, 2.24) is 24.1 Å². The topological polar surface area (TPSA) is 120 Å². The van der Waals surface area contributed by atoms with E-state index >= 15 is 0 Å². The molecule has 1 aliphatic rings. The number of hydrogen-bond acceptors (Lipinski definition) is 6. The SMILES string of the molecule is Cc1cccc(N2C[C@H](C)Cn3c2nc2c3c(=O)n(CC(=O)NN)c(=O)n2C)c1. The van der Waals surface area contributed by atoms with Gasteiger partial charge in [0.25, 0.3) is 11.5 Å². The highest BCUT2D eigenvalue weighted by Gasteiger charge is 2.30. The highest BCUT2D eigenvalue weighted by molar-refractivity contribution is 5.78. The van der Waals surface area contributed by atoms with Gasteiger partial charge < -0.3 is 9.47 Å². The molecule has 2 aromatic heterocycles. The average Bonchev–Trinajstić information content (AvgIpc) is 3.08. The van der Waals surface area contributed by atoms with E-state index in [1.165, 1.54) is 4.57 Å². The van der Waals surface area contributed by atoms with Crippen molar-refractivity contribution < 1.29 is 4.79 Å². The lowest BCUT2D eigenvalue weighted by molar-refractivity contribution is -0.121. The third-order valence-electron chi connectivity index (χ3n) is 5.22. The minimum atomic E-state index is -0.628. The van der Waals surface area contributed by atoms with Crippen LogP contribution in [0, 0.1) is 12.8 Å². The summed E-state index contributed by atoms with van der Waals surface area (Å²) in [6.45, 7) is 5.00. The predicted molar refractivity (Wildman–Crippen MR) is 109 cm³/mol. The van der Waals surface area contributed by atoms with Crippen molar-refractivity contribution in [3.8, 4) is 0 Å². The van der Waals surface area contributed by atoms with Gasteiger partial charge in [-0.1, -0.05) is 19.1 Å². The molecular weight excluding hydrogens is 374 g/mol. The number of imidazole rings is 1. The number of benzene rings is 1. The number of carbonyl (C=O) groups is 1. The van der Waals surface area contributed by atoms with Gasteiger partial charge in [0.1, 0.15) is 6.54 Å². The first-order chi connectivity index (χ1) is 13.8. The van der Waals surface area contributed by atoms with Crippen LogP contribution in [0.4, 0.5) is 11.6 Å². The van der Waals surface area contributed by atoms with Crippen molar-refractivity contribution >= 4 is 28.7 Å². The molecule has 29 heavy (non-hydrogen) atoms. The van der Waals surface area contributed by atoms with Crippen LogP contribution in [0.25, 0.3) is 11.2 Å². The summed E-state index contributed by atoms with van der Waals surface area (Å²) in [6, 6.07) is 8.05. The Balaban J connectivity index is 1.99. The summed E-state index contributed by atoms with van der Waals surface area (Å²) in [7, 11) is 1.54. The summed E-state index contributed by atoms with van der Waals surface area (Å²) < 4.78 is 4.02. The van der Waals surface area contributed by atoms with Crippen molar-refractivity contribution in [3.63, 3.8) is 0 Å². The fourth-order valence-electron chi connectivity index (χ4n) is 3.85. The first-order valence-electron chi connectivity index (χ1n) is 9.35. The minimum Gasteiger partial charge on any atom is -0.312 e. The number of aryl methyl sites for hydroxylation is 2. The van der Waals surface area contributed by atoms with Gasteiger partial charge in [0.15, 0.2) is 11.2 Å². The number of nitrogens with one attached hydrogen (secondary N) is 1. The Bertz CT molecular complexity index is 1240. The van der Waals surface area contributed by atoms with Crippen LogP contribution >= 0.6 is 0 Å². The van der Waals surface area contributed by atoms with Crippen LogP contribution in [0.3, 0.4) is 0 Å². The number of anilines is 2. The molecule has 0 saturated heterocycles. The van der Waals surface area contributed by atoms with Crippen LogP contribution in [-0.4, -0.2) is 31.1 Å². The molecule has 1 amide bonds. The fraction of sp³-hybridized carbons (Fsp3) is 0.368. The Morgan fingerprint density at radius 2 is 2.07 bits per heavy atom. The van der Waals surface area contributed by atoms with Crippen LogP contribution in [0.5, 0.6) is 0 Å². The number of nitrogens with zero attached hydrogens (tertiary/aromatic N) is 5. The Labute approximate surface area is 166 Å². The highest BCUT2D eigenvalue weighted by Crippen LogP contribution is 2.33. The first kappa shape index (κ1) is 18.9. The molecule has 1 aromatic carbocycles. The highest BCUT2D eigenvalue weighted by atomic mass is 16.2. The fourth-order valence-corrected chi connectivity index (χ4v) is 3.85. The Kier molecular flexibility index (Phi) is 4.50. The summed E-state index contributed by atoms with van der Waals surface area (Å²) in [5, 5.41) is 0. The maximum atomic E-state index is 13.1. The molecule has 0 radical (unpaired) electrons. The molecule has 1 aliphatic heterocycles. The summed E-state index contributed by atoms with van der Waals surface area (Å²) in [4.78, 5) is 44.2. The molecule has 10 nitrogen and oxygen atoms in total. The van der Waals surface area contributed by atoms with E-state index in [9.17, 15) is 14.4 Å². The summed E-state index contributed by atoms with van der Waals surface area (Å²) >= 11 is 0. The third-order valence-corrected chi connectivity index (χ3v) is 5.22. The molecule has 10 heteroatoms. The number of hydrogen-bond donors (Lipinski definition) is 2. The van der Waals surface area contributed by atoms with E-state index < -0.39 is 23.7 Å². The zero-order valence-electron chi connectivity index (χ0n) is 16.5. The normalized spacial score (nSPS) is 16.1. The van der Waals surface area contributed by atoms with Crippen LogP contribution in [0.15, 0.2) is 33.9 Å². The molecule has 3 heterocycles. The molecule has 0 aliphatic carbocycles. The van der Waals surface area contributed by atoms with Gasteiger partial charge in [-0.15, -0.1) is 0 Å². The maximum Gasteiger partial charge on any atom is 0.332 e. The molecule has 4 rings (SSSR count). The van der Waals surface area contributed by atoms with Gasteiger partial charge in [-0.05, 0) is 30.5 Å². The molecule has 3 aromatic rings. The molecule has 0 saturated carbocycles. The van der Waals surface area contributed by atoms with Crippen molar-refractivity contribution in [2.75, 3.05) is 11.4 Å². The molecule has 3 N–H and O–H groups in total. The van der Waals surface area contributed by atoms with E-state index in [1.54, 1.807) is 7.05 Å². The number of hydrazine groups is 1. The summed E-state index contributed by atoms with van der Waals surface area (Å²) in [5.41, 5.74) is 3.48. The lowest BCUT2D eigenvalue weighted by atomic mass is 10.1. The monoisotopic (exact) mass is 397 g/mol. The van der Waals surface area contributed by atoms with Crippen LogP contribution in [0.2, 0.25) is 0 Å². The number of aromatic nitrogens is 4. The van der Waals surface area contributed by atoms with Gasteiger partial charge in [-0.3, -0.25) is 19.6 Å². The first-order valence-corrected chi connectivity index (χ1v) is 9.35. The Hall–Kier alpha value is -3.40. The van der Waals surface area contributed by atoms with Gasteiger partial charge in [-0.25, -0.2) is 15.2 Å². The number of nitrogens with two attached hydrogens (primary N) is 1. The second-order valence-corrected chi connectivity index (χ2v) is 7.55. The molecule has 0 unspecified atom stereocenters. The van der Waals surface area contributed by atoms with E-state index in [0.717, 1.165) is 22.4 Å². The van der Waals surface area contributed by atoms with Gasteiger partial charge in [0.05, 0.1) is 0 Å². The van der Waals surface area contributed by atoms with E-state index in [4.69, 9.17) is 5.84 Å². The number of amides is 1. The smallest absolute Gasteiger partial charge is 0.312 e. The number of fused-ring (bicyclic) bond motifs is 3. The van der Waals surface area contributed by atoms with E-state index in [-0.39, 0.29) is 5.92 Å². The van der Waals surface area contributed by atoms with E-state index in [0.29, 0.717) is 23.7 Å². The van der Waals surface area contributed by atoms with Crippen molar-refractivity contribution in [2.45, 2.75) is 26.9 Å². The third kappa shape index (κ3) is 3.01. The summed E-state index contributed by atoms with van der Waals surface area (Å²) in [6.07, 6.45) is 0. The molecule has 1 atom stereocenters. The van der Waals surface area contributed by atoms with Crippen LogP contribution in [0.1, 0.15) is 12.5 Å². The molecule has 0 spiro atoms. The summed E-state index contributed by atoms with van der Waals surface area (Å²) in [5.74, 6) is 5.35. The van der Waals surface area contributed by atoms with Gasteiger partial charge in [0, 0.05) is 25.8 Å². The quantitative estimate of drug-likeness (QED) is 0.364. The maximum absolute atomic E-state index is 13.1. The number of rotatable bonds is 3. The largest absolute Gasteiger partial charge is 0.332 e. The van der Waals surface area contributed by atoms with Crippen molar-refractivity contribution in [2.24, 2.45) is 18.8 Å². The molecule has 0 bridgehead atoms. The standard InChI is InChI=1S/C19H23N7O3/c1-11-5-4-6-13(7-11)24-8-12(2)9-25-15-16(21-18(24)25)23(3)19(29)26(17(15)28)10-14(27)22-20/h4-7,12H,8-10,20H2,1-3H3,(H,22,27)/t12-/m0/s1. The van der Waals surface area contributed by atoms with Gasteiger partial charge in [0.2, 0.25) is 5.95 Å². The number of carbonyl (C=O) groups excluding carboxylic acids is 1. The van der Waals surface area contributed by atoms with Crippen LogP contribution in [-0.2, 0) is 24.9 Å².